The van der Waals surface area contributed by atoms with E-state index >= 15 is 0 Å². The van der Waals surface area contributed by atoms with Crippen molar-refractivity contribution < 1.29 is 13.9 Å². The Kier molecular flexibility index (Phi) is 6.64. The maximum absolute atomic E-state index is 12.4. The van der Waals surface area contributed by atoms with Gasteiger partial charge in [-0.3, -0.25) is 4.68 Å². The van der Waals surface area contributed by atoms with E-state index in [2.05, 4.69) is 20.3 Å². The number of aromatic nitrogens is 5. The largest absolute Gasteiger partial charge is 0.444 e. The van der Waals surface area contributed by atoms with Crippen molar-refractivity contribution >= 4 is 11.9 Å². The first-order valence-corrected chi connectivity index (χ1v) is 12.4. The van der Waals surface area contributed by atoms with E-state index in [0.717, 1.165) is 29.5 Å². The zero-order valence-corrected chi connectivity index (χ0v) is 21.3. The Balaban J connectivity index is 1.27. The van der Waals surface area contributed by atoms with Gasteiger partial charge in [-0.05, 0) is 45.2 Å². The number of nitrogens with two attached hydrogens (primary N) is 1. The van der Waals surface area contributed by atoms with E-state index in [1.165, 1.54) is 0 Å². The molecule has 1 fully saturated rings. The highest BCUT2D eigenvalue weighted by molar-refractivity contribution is 5.74. The molecule has 1 saturated heterocycles. The van der Waals surface area contributed by atoms with Gasteiger partial charge in [-0.25, -0.2) is 9.78 Å². The lowest BCUT2D eigenvalue weighted by atomic mass is 10.1. The summed E-state index contributed by atoms with van der Waals surface area (Å²) in [5, 5.41) is 13.0. The second kappa shape index (κ2) is 10.0. The Morgan fingerprint density at radius 2 is 1.86 bits per heavy atom. The van der Waals surface area contributed by atoms with Gasteiger partial charge in [-0.2, -0.15) is 5.10 Å². The van der Waals surface area contributed by atoms with Crippen LogP contribution in [-0.2, 0) is 11.2 Å². The van der Waals surface area contributed by atoms with E-state index in [0.29, 0.717) is 42.7 Å². The van der Waals surface area contributed by atoms with Gasteiger partial charge in [0.05, 0.1) is 24.2 Å². The molecule has 0 saturated carbocycles. The lowest BCUT2D eigenvalue weighted by molar-refractivity contribution is 0.0185. The zero-order valence-electron chi connectivity index (χ0n) is 21.3. The Morgan fingerprint density at radius 3 is 2.59 bits per heavy atom. The Morgan fingerprint density at radius 1 is 1.11 bits per heavy atom. The van der Waals surface area contributed by atoms with Gasteiger partial charge in [0.2, 0.25) is 5.89 Å². The van der Waals surface area contributed by atoms with Crippen molar-refractivity contribution in [3.63, 3.8) is 0 Å². The van der Waals surface area contributed by atoms with Gasteiger partial charge in [0.1, 0.15) is 11.4 Å². The smallest absolute Gasteiger partial charge is 0.410 e. The molecule has 0 atom stereocenters. The second-order valence-electron chi connectivity index (χ2n) is 10.2. The van der Waals surface area contributed by atoms with Crippen molar-refractivity contribution in [2.24, 2.45) is 0 Å². The van der Waals surface area contributed by atoms with Crippen LogP contribution in [0.5, 0.6) is 0 Å². The first kappa shape index (κ1) is 24.5. The van der Waals surface area contributed by atoms with Crippen molar-refractivity contribution in [2.45, 2.75) is 51.7 Å². The molecule has 5 rings (SSSR count). The van der Waals surface area contributed by atoms with Crippen molar-refractivity contribution in [3.05, 3.63) is 66.4 Å². The molecule has 3 aromatic heterocycles. The molecule has 4 heterocycles. The molecule has 2 N–H and O–H groups in total. The number of hydrogen-bond donors (Lipinski definition) is 1. The Hall–Kier alpha value is -4.21. The number of carbonyl (C=O) groups is 1. The van der Waals surface area contributed by atoms with Gasteiger partial charge in [0.15, 0.2) is 0 Å². The predicted octanol–water partition coefficient (Wildman–Crippen LogP) is 4.74. The summed E-state index contributed by atoms with van der Waals surface area (Å²) in [5.41, 5.74) is 9.09. The molecular weight excluding hydrogens is 470 g/mol. The van der Waals surface area contributed by atoms with Gasteiger partial charge in [0.25, 0.3) is 5.89 Å². The van der Waals surface area contributed by atoms with Crippen LogP contribution >= 0.6 is 0 Å². The number of likely N-dealkylation sites (tertiary alicyclic amines) is 1. The fraction of sp³-hybridized carbons (Fsp3) is 0.370. The van der Waals surface area contributed by atoms with E-state index in [9.17, 15) is 4.79 Å². The Bertz CT molecular complexity index is 1370. The van der Waals surface area contributed by atoms with Gasteiger partial charge in [-0.1, -0.05) is 30.3 Å². The van der Waals surface area contributed by atoms with Crippen LogP contribution in [0, 0.1) is 0 Å². The molecule has 4 aromatic rings. The normalized spacial score (nSPS) is 14.6. The summed E-state index contributed by atoms with van der Waals surface area (Å²) >= 11 is 0. The molecule has 0 spiro atoms. The zero-order chi connectivity index (χ0) is 26.0. The molecule has 0 unspecified atom stereocenters. The molecule has 192 valence electrons. The molecule has 10 heteroatoms. The summed E-state index contributed by atoms with van der Waals surface area (Å²) in [6.07, 6.45) is 7.41. The second-order valence-corrected chi connectivity index (χ2v) is 10.2. The number of piperidine rings is 1. The van der Waals surface area contributed by atoms with Crippen LogP contribution in [0.25, 0.3) is 22.6 Å². The van der Waals surface area contributed by atoms with Crippen molar-refractivity contribution in [1.29, 1.82) is 0 Å². The number of benzene rings is 1. The summed E-state index contributed by atoms with van der Waals surface area (Å²) < 4.78 is 13.4. The van der Waals surface area contributed by atoms with Crippen molar-refractivity contribution in [3.8, 4) is 22.6 Å². The molecule has 0 bridgehead atoms. The quantitative estimate of drug-likeness (QED) is 0.416. The fourth-order valence-electron chi connectivity index (χ4n) is 4.34. The van der Waals surface area contributed by atoms with E-state index in [-0.39, 0.29) is 12.1 Å². The first-order chi connectivity index (χ1) is 17.7. The number of nitrogen functional groups attached to an aromatic ring is 1. The summed E-state index contributed by atoms with van der Waals surface area (Å²) in [6, 6.07) is 12.0. The fourth-order valence-corrected chi connectivity index (χ4v) is 4.34. The van der Waals surface area contributed by atoms with Crippen LogP contribution in [0.2, 0.25) is 0 Å². The molecule has 0 aliphatic carbocycles. The monoisotopic (exact) mass is 501 g/mol. The summed E-state index contributed by atoms with van der Waals surface area (Å²) in [5.74, 6) is 1.16. The average molecular weight is 502 g/mol. The highest BCUT2D eigenvalue weighted by atomic mass is 16.6. The summed E-state index contributed by atoms with van der Waals surface area (Å²) in [6.45, 7) is 6.89. The topological polar surface area (TPSA) is 125 Å². The minimum atomic E-state index is -0.499. The van der Waals surface area contributed by atoms with Gasteiger partial charge >= 0.3 is 6.09 Å². The number of carbonyl (C=O) groups excluding carboxylic acids is 1. The molecule has 1 amide bonds. The number of hydrogen-bond acceptors (Lipinski definition) is 8. The van der Waals surface area contributed by atoms with Crippen molar-refractivity contribution in [2.75, 3.05) is 18.8 Å². The average Bonchev–Trinajstić information content (AvgIpc) is 3.54. The standard InChI is InChI=1S/C27H31N7O3/c1-27(2,3)37-26(35)33-11-9-21(10-12-33)34-17-20(16-30-34)19-14-22(24(28)29-15-19)25-32-31-23(36-25)13-18-7-5-4-6-8-18/h4-8,14-17,21H,9-13H2,1-3H3,(H2,28,29). The van der Waals surface area contributed by atoms with Crippen LogP contribution in [0.4, 0.5) is 10.6 Å². The molecule has 0 radical (unpaired) electrons. The maximum Gasteiger partial charge on any atom is 0.410 e. The number of ether oxygens (including phenoxy) is 1. The molecule has 1 aromatic carbocycles. The summed E-state index contributed by atoms with van der Waals surface area (Å²) in [7, 11) is 0. The lowest BCUT2D eigenvalue weighted by Gasteiger charge is -2.33. The third-order valence-electron chi connectivity index (χ3n) is 6.24. The third kappa shape index (κ3) is 5.79. The minimum Gasteiger partial charge on any atom is -0.444 e. The third-order valence-corrected chi connectivity index (χ3v) is 6.24. The number of rotatable bonds is 5. The number of amides is 1. The van der Waals surface area contributed by atoms with Crippen LogP contribution in [0.15, 0.2) is 59.4 Å². The Labute approximate surface area is 215 Å². The highest BCUT2D eigenvalue weighted by Gasteiger charge is 2.28. The van der Waals surface area contributed by atoms with Crippen LogP contribution in [-0.4, -0.2) is 54.6 Å². The van der Waals surface area contributed by atoms with E-state index in [1.54, 1.807) is 11.1 Å². The van der Waals surface area contributed by atoms with E-state index in [4.69, 9.17) is 14.9 Å². The number of pyridine rings is 1. The number of anilines is 1. The van der Waals surface area contributed by atoms with Crippen LogP contribution in [0.3, 0.4) is 0 Å². The van der Waals surface area contributed by atoms with Crippen molar-refractivity contribution in [1.82, 2.24) is 29.9 Å². The molecule has 37 heavy (non-hydrogen) atoms. The molecule has 1 aliphatic rings. The van der Waals surface area contributed by atoms with E-state index < -0.39 is 5.60 Å². The highest BCUT2D eigenvalue weighted by Crippen LogP contribution is 2.31. The van der Waals surface area contributed by atoms with E-state index in [1.807, 2.05) is 74.2 Å². The SMILES string of the molecule is CC(C)(C)OC(=O)N1CCC(n2cc(-c3cnc(N)c(-c4nnc(Cc5ccccc5)o4)c3)cn2)CC1. The minimum absolute atomic E-state index is 0.199. The molecular formula is C27H31N7O3. The van der Waals surface area contributed by atoms with Gasteiger partial charge < -0.3 is 19.8 Å². The lowest BCUT2D eigenvalue weighted by Crippen LogP contribution is -2.42. The van der Waals surface area contributed by atoms with Gasteiger partial charge in [0, 0.05) is 36.6 Å². The maximum atomic E-state index is 12.4. The molecule has 10 nitrogen and oxygen atoms in total. The summed E-state index contributed by atoms with van der Waals surface area (Å²) in [4.78, 5) is 18.5. The van der Waals surface area contributed by atoms with Crippen LogP contribution in [0.1, 0.15) is 51.1 Å². The molecule has 1 aliphatic heterocycles. The first-order valence-electron chi connectivity index (χ1n) is 12.4. The van der Waals surface area contributed by atoms with Crippen LogP contribution < -0.4 is 5.73 Å². The number of nitrogens with zero attached hydrogens (tertiary/aromatic N) is 6. The van der Waals surface area contributed by atoms with Gasteiger partial charge in [-0.15, -0.1) is 10.2 Å². The predicted molar refractivity (Wildman–Crippen MR) is 138 cm³/mol.